The topological polar surface area (TPSA) is 71.4 Å². The molecular weight excluding hydrogens is 337 g/mol. The van der Waals surface area contributed by atoms with Crippen molar-refractivity contribution in [1.29, 1.82) is 0 Å². The van der Waals surface area contributed by atoms with Gasteiger partial charge in [0.15, 0.2) is 5.82 Å². The first-order chi connectivity index (χ1) is 9.93. The highest BCUT2D eigenvalue weighted by Gasteiger charge is 2.33. The minimum absolute atomic E-state index is 0. The first kappa shape index (κ1) is 20.6. The van der Waals surface area contributed by atoms with Gasteiger partial charge in [-0.1, -0.05) is 11.6 Å². The molecule has 0 aliphatic carbocycles. The molecule has 0 amide bonds. The highest BCUT2D eigenvalue weighted by atomic mass is 35.5. The maximum absolute atomic E-state index is 6.01. The highest BCUT2D eigenvalue weighted by Crippen LogP contribution is 2.25. The van der Waals surface area contributed by atoms with Crippen LogP contribution in [0.15, 0.2) is 4.52 Å². The first-order valence-corrected chi connectivity index (χ1v) is 8.03. The Morgan fingerprint density at radius 3 is 2.65 bits per heavy atom. The molecule has 0 saturated carbocycles. The summed E-state index contributed by atoms with van der Waals surface area (Å²) in [4.78, 5) is 9.57. The van der Waals surface area contributed by atoms with E-state index in [0.29, 0.717) is 23.8 Å². The summed E-state index contributed by atoms with van der Waals surface area (Å²) >= 11 is 0. The molecule has 6 nitrogen and oxygen atoms in total. The van der Waals surface area contributed by atoms with Crippen molar-refractivity contribution >= 4 is 24.8 Å². The molecule has 1 aromatic rings. The van der Waals surface area contributed by atoms with E-state index in [-0.39, 0.29) is 24.8 Å². The van der Waals surface area contributed by atoms with Crippen LogP contribution in [0.4, 0.5) is 0 Å². The molecule has 134 valence electrons. The van der Waals surface area contributed by atoms with Crippen molar-refractivity contribution in [1.82, 2.24) is 19.9 Å². The lowest BCUT2D eigenvalue weighted by molar-refractivity contribution is 0.00644. The number of piperazine rings is 1. The van der Waals surface area contributed by atoms with Crippen molar-refractivity contribution < 1.29 is 4.52 Å². The highest BCUT2D eigenvalue weighted by molar-refractivity contribution is 5.85. The largest absolute Gasteiger partial charge is 0.338 e. The Bertz CT molecular complexity index is 490. The standard InChI is InChI=1S/C15H27N5O.2ClH/c1-11-8-19-7-5-4-6-12(19)9-20(11)10-13-17-14(18-21-13)15(2,3)16;;/h11-12H,4-10,16H2,1-3H3;2*1H. The number of nitrogens with zero attached hydrogens (tertiary/aromatic N) is 4. The predicted molar refractivity (Wildman–Crippen MR) is 95.1 cm³/mol. The van der Waals surface area contributed by atoms with Gasteiger partial charge in [0.2, 0.25) is 5.89 Å². The van der Waals surface area contributed by atoms with Crippen molar-refractivity contribution in [3.63, 3.8) is 0 Å². The van der Waals surface area contributed by atoms with Gasteiger partial charge >= 0.3 is 0 Å². The van der Waals surface area contributed by atoms with Crippen LogP contribution in [0.5, 0.6) is 0 Å². The van der Waals surface area contributed by atoms with Crippen LogP contribution in [-0.4, -0.2) is 51.7 Å². The summed E-state index contributed by atoms with van der Waals surface area (Å²) < 4.78 is 5.38. The quantitative estimate of drug-likeness (QED) is 0.884. The van der Waals surface area contributed by atoms with E-state index in [2.05, 4.69) is 26.9 Å². The second kappa shape index (κ2) is 8.12. The smallest absolute Gasteiger partial charge is 0.240 e. The number of rotatable bonds is 3. The number of halogens is 2. The molecule has 1 aromatic heterocycles. The Balaban J connectivity index is 0.00000132. The molecular formula is C15H29Cl2N5O. The van der Waals surface area contributed by atoms with Gasteiger partial charge in [-0.25, -0.2) is 0 Å². The van der Waals surface area contributed by atoms with E-state index < -0.39 is 5.54 Å². The number of piperidine rings is 1. The normalized spacial score (nSPS) is 26.1. The van der Waals surface area contributed by atoms with Gasteiger partial charge in [-0.15, -0.1) is 24.8 Å². The van der Waals surface area contributed by atoms with Gasteiger partial charge in [-0.3, -0.25) is 9.80 Å². The maximum Gasteiger partial charge on any atom is 0.240 e. The number of aromatic nitrogens is 2. The van der Waals surface area contributed by atoms with E-state index in [1.807, 2.05) is 13.8 Å². The van der Waals surface area contributed by atoms with Crippen molar-refractivity contribution in [3.8, 4) is 0 Å². The molecule has 2 unspecified atom stereocenters. The molecule has 8 heteroatoms. The number of nitrogens with two attached hydrogens (primary N) is 1. The van der Waals surface area contributed by atoms with Gasteiger partial charge in [0, 0.05) is 25.2 Å². The van der Waals surface area contributed by atoms with Gasteiger partial charge < -0.3 is 10.3 Å². The molecule has 3 rings (SSSR count). The van der Waals surface area contributed by atoms with Crippen LogP contribution in [0.25, 0.3) is 0 Å². The molecule has 2 N–H and O–H groups in total. The van der Waals surface area contributed by atoms with E-state index in [1.165, 1.54) is 25.8 Å². The lowest BCUT2D eigenvalue weighted by Crippen LogP contribution is -2.58. The fourth-order valence-electron chi connectivity index (χ4n) is 3.39. The van der Waals surface area contributed by atoms with Crippen LogP contribution in [0.1, 0.15) is 51.7 Å². The third kappa shape index (κ3) is 4.79. The van der Waals surface area contributed by atoms with Crippen LogP contribution in [0.2, 0.25) is 0 Å². The van der Waals surface area contributed by atoms with Crippen molar-refractivity contribution in [2.24, 2.45) is 5.73 Å². The lowest BCUT2D eigenvalue weighted by Gasteiger charge is -2.47. The molecule has 0 spiro atoms. The summed E-state index contributed by atoms with van der Waals surface area (Å²) in [6.07, 6.45) is 4.02. The molecule has 2 atom stereocenters. The predicted octanol–water partition coefficient (Wildman–Crippen LogP) is 2.17. The monoisotopic (exact) mass is 365 g/mol. The maximum atomic E-state index is 6.01. The Hall–Kier alpha value is -0.400. The van der Waals surface area contributed by atoms with Crippen molar-refractivity contribution in [2.75, 3.05) is 19.6 Å². The van der Waals surface area contributed by atoms with E-state index in [9.17, 15) is 0 Å². The lowest BCUT2D eigenvalue weighted by atomic mass is 9.97. The molecule has 2 aliphatic rings. The fourth-order valence-corrected chi connectivity index (χ4v) is 3.39. The summed E-state index contributed by atoms with van der Waals surface area (Å²) in [5.74, 6) is 1.26. The summed E-state index contributed by atoms with van der Waals surface area (Å²) in [5.41, 5.74) is 5.47. The Morgan fingerprint density at radius 2 is 2.00 bits per heavy atom. The Labute approximate surface area is 151 Å². The van der Waals surface area contributed by atoms with Gasteiger partial charge in [0.1, 0.15) is 0 Å². The first-order valence-electron chi connectivity index (χ1n) is 8.03. The molecule has 2 aliphatic heterocycles. The van der Waals surface area contributed by atoms with Crippen molar-refractivity contribution in [2.45, 2.75) is 64.2 Å². The average Bonchev–Trinajstić information content (AvgIpc) is 2.88. The summed E-state index contributed by atoms with van der Waals surface area (Å²) in [5, 5.41) is 4.01. The second-order valence-corrected chi connectivity index (χ2v) is 7.16. The molecule has 0 radical (unpaired) electrons. The third-order valence-electron chi connectivity index (χ3n) is 4.70. The fraction of sp³-hybridized carbons (Fsp3) is 0.867. The second-order valence-electron chi connectivity index (χ2n) is 7.16. The SMILES string of the molecule is CC1CN2CCCCC2CN1Cc1nc(C(C)(C)N)no1.Cl.Cl. The summed E-state index contributed by atoms with van der Waals surface area (Å²) in [7, 11) is 0. The average molecular weight is 366 g/mol. The van der Waals surface area contributed by atoms with Crippen LogP contribution in [0.3, 0.4) is 0 Å². The molecule has 0 bridgehead atoms. The number of hydrogen-bond donors (Lipinski definition) is 1. The third-order valence-corrected chi connectivity index (χ3v) is 4.70. The minimum atomic E-state index is -0.546. The molecule has 0 aromatic carbocycles. The molecule has 3 heterocycles. The van der Waals surface area contributed by atoms with Crippen LogP contribution >= 0.6 is 24.8 Å². The minimum Gasteiger partial charge on any atom is -0.338 e. The molecule has 2 saturated heterocycles. The zero-order valence-corrected chi connectivity index (χ0v) is 15.8. The number of hydrogen-bond acceptors (Lipinski definition) is 6. The zero-order valence-electron chi connectivity index (χ0n) is 14.2. The van der Waals surface area contributed by atoms with Crippen LogP contribution < -0.4 is 5.73 Å². The molecule has 23 heavy (non-hydrogen) atoms. The van der Waals surface area contributed by atoms with Crippen molar-refractivity contribution in [3.05, 3.63) is 11.7 Å². The number of fused-ring (bicyclic) bond motifs is 1. The van der Waals surface area contributed by atoms with Gasteiger partial charge in [-0.2, -0.15) is 4.98 Å². The summed E-state index contributed by atoms with van der Waals surface area (Å²) in [6.45, 7) is 10.3. The Morgan fingerprint density at radius 1 is 1.26 bits per heavy atom. The van der Waals surface area contributed by atoms with Gasteiger partial charge in [-0.05, 0) is 40.2 Å². The van der Waals surface area contributed by atoms with Crippen LogP contribution in [-0.2, 0) is 12.1 Å². The van der Waals surface area contributed by atoms with Crippen LogP contribution in [0, 0.1) is 0 Å². The van der Waals surface area contributed by atoms with E-state index in [1.54, 1.807) is 0 Å². The van der Waals surface area contributed by atoms with Gasteiger partial charge in [0.05, 0.1) is 12.1 Å². The van der Waals surface area contributed by atoms with E-state index >= 15 is 0 Å². The Kier molecular flexibility index (Phi) is 7.29. The van der Waals surface area contributed by atoms with E-state index in [4.69, 9.17) is 10.3 Å². The van der Waals surface area contributed by atoms with E-state index in [0.717, 1.165) is 19.6 Å². The zero-order chi connectivity index (χ0) is 15.0. The summed E-state index contributed by atoms with van der Waals surface area (Å²) in [6, 6.07) is 1.23. The van der Waals surface area contributed by atoms with Gasteiger partial charge in [0.25, 0.3) is 0 Å². The molecule has 2 fully saturated rings.